The average molecular weight is 552 g/mol. The second-order valence-electron chi connectivity index (χ2n) is 8.78. The number of ether oxygens (including phenoxy) is 4. The predicted molar refractivity (Wildman–Crippen MR) is 122 cm³/mol. The summed E-state index contributed by atoms with van der Waals surface area (Å²) in [5.74, 6) is -8.47. The molecule has 4 rings (SSSR count). The SMILES string of the molecule is O=C(CC(=O)OC1OC(CO)C(O)C(O)C1O)OC1=C(c2ccc(O)c(O)c2)OC2C=C(O)C=C(O)C2C1=O. The van der Waals surface area contributed by atoms with Gasteiger partial charge in [0, 0.05) is 11.6 Å². The first kappa shape index (κ1) is 27.9. The van der Waals surface area contributed by atoms with Crippen LogP contribution in [0.4, 0.5) is 0 Å². The van der Waals surface area contributed by atoms with E-state index in [2.05, 4.69) is 0 Å². The summed E-state index contributed by atoms with van der Waals surface area (Å²) in [6.07, 6.45) is -9.12. The zero-order valence-electron chi connectivity index (χ0n) is 19.8. The monoisotopic (exact) mass is 552 g/mol. The minimum absolute atomic E-state index is 0.0503. The molecule has 0 radical (unpaired) electrons. The van der Waals surface area contributed by atoms with Gasteiger partial charge >= 0.3 is 11.9 Å². The maximum Gasteiger partial charge on any atom is 0.322 e. The summed E-state index contributed by atoms with van der Waals surface area (Å²) in [5, 5.41) is 78.3. The molecular formula is C24H24O15. The van der Waals surface area contributed by atoms with Crippen LogP contribution in [-0.4, -0.2) is 102 Å². The van der Waals surface area contributed by atoms with Crippen LogP contribution in [0.15, 0.2) is 47.6 Å². The highest BCUT2D eigenvalue weighted by molar-refractivity contribution is 6.06. The highest BCUT2D eigenvalue weighted by Crippen LogP contribution is 2.40. The van der Waals surface area contributed by atoms with Gasteiger partial charge in [-0.25, -0.2) is 0 Å². The third-order valence-corrected chi connectivity index (χ3v) is 6.08. The molecule has 39 heavy (non-hydrogen) atoms. The summed E-state index contributed by atoms with van der Waals surface area (Å²) in [6.45, 7) is -0.788. The molecule has 8 N–H and O–H groups in total. The van der Waals surface area contributed by atoms with E-state index >= 15 is 0 Å². The van der Waals surface area contributed by atoms with Crippen LogP contribution in [0.1, 0.15) is 12.0 Å². The number of aliphatic hydroxyl groups excluding tert-OH is 6. The number of rotatable bonds is 6. The Morgan fingerprint density at radius 1 is 0.949 bits per heavy atom. The number of carbonyl (C=O) groups is 3. The van der Waals surface area contributed by atoms with Gasteiger partial charge in [-0.1, -0.05) is 0 Å². The van der Waals surface area contributed by atoms with Gasteiger partial charge in [0.05, 0.1) is 6.61 Å². The molecule has 1 aliphatic carbocycles. The first-order valence-corrected chi connectivity index (χ1v) is 11.4. The Morgan fingerprint density at radius 2 is 1.67 bits per heavy atom. The average Bonchev–Trinajstić information content (AvgIpc) is 2.87. The van der Waals surface area contributed by atoms with E-state index in [1.54, 1.807) is 0 Å². The zero-order chi connectivity index (χ0) is 28.6. The number of fused-ring (bicyclic) bond motifs is 1. The van der Waals surface area contributed by atoms with E-state index in [0.717, 1.165) is 24.3 Å². The van der Waals surface area contributed by atoms with Crippen molar-refractivity contribution in [1.82, 2.24) is 0 Å². The molecule has 1 aromatic carbocycles. The van der Waals surface area contributed by atoms with Gasteiger partial charge in [-0.15, -0.1) is 0 Å². The number of aliphatic hydroxyl groups is 6. The number of phenolic OH excluding ortho intramolecular Hbond substituents is 2. The number of hydrogen-bond donors (Lipinski definition) is 8. The topological polar surface area (TPSA) is 250 Å². The Labute approximate surface area is 218 Å². The van der Waals surface area contributed by atoms with Crippen LogP contribution in [0.5, 0.6) is 11.5 Å². The van der Waals surface area contributed by atoms with E-state index in [4.69, 9.17) is 18.9 Å². The van der Waals surface area contributed by atoms with Crippen LogP contribution in [0, 0.1) is 5.92 Å². The van der Waals surface area contributed by atoms with E-state index in [-0.39, 0.29) is 5.56 Å². The van der Waals surface area contributed by atoms with Crippen molar-refractivity contribution in [1.29, 1.82) is 0 Å². The summed E-state index contributed by atoms with van der Waals surface area (Å²) < 4.78 is 20.6. The molecule has 1 fully saturated rings. The number of carbonyl (C=O) groups excluding carboxylic acids is 3. The van der Waals surface area contributed by atoms with Crippen molar-refractivity contribution in [3.63, 3.8) is 0 Å². The lowest BCUT2D eigenvalue weighted by Gasteiger charge is -2.39. The second kappa shape index (κ2) is 10.9. The van der Waals surface area contributed by atoms with Crippen molar-refractivity contribution in [2.75, 3.05) is 6.61 Å². The van der Waals surface area contributed by atoms with Gasteiger partial charge in [0.15, 0.2) is 17.3 Å². The number of ketones is 1. The van der Waals surface area contributed by atoms with Gasteiger partial charge in [-0.2, -0.15) is 0 Å². The third-order valence-electron chi connectivity index (χ3n) is 6.08. The number of esters is 2. The fourth-order valence-electron chi connectivity index (χ4n) is 4.11. The van der Waals surface area contributed by atoms with Crippen LogP contribution < -0.4 is 0 Å². The Morgan fingerprint density at radius 3 is 2.33 bits per heavy atom. The number of phenols is 2. The molecule has 3 aliphatic rings. The molecule has 7 unspecified atom stereocenters. The van der Waals surface area contributed by atoms with Crippen LogP contribution in [0.2, 0.25) is 0 Å². The second-order valence-corrected chi connectivity index (χ2v) is 8.78. The summed E-state index contributed by atoms with van der Waals surface area (Å²) in [7, 11) is 0. The van der Waals surface area contributed by atoms with Gasteiger partial charge in [0.25, 0.3) is 0 Å². The maximum absolute atomic E-state index is 13.2. The van der Waals surface area contributed by atoms with Gasteiger partial charge in [0.1, 0.15) is 54.4 Å². The summed E-state index contributed by atoms with van der Waals surface area (Å²) in [6, 6.07) is 3.25. The third kappa shape index (κ3) is 5.52. The van der Waals surface area contributed by atoms with E-state index in [0.29, 0.717) is 0 Å². The number of Topliss-reactive ketones (excluding diaryl/α,β-unsaturated/α-hetero) is 1. The quantitative estimate of drug-likeness (QED) is 0.114. The molecular weight excluding hydrogens is 528 g/mol. The Balaban J connectivity index is 1.56. The first-order valence-electron chi connectivity index (χ1n) is 11.4. The molecule has 1 saturated heterocycles. The largest absolute Gasteiger partial charge is 0.511 e. The molecule has 0 bridgehead atoms. The summed E-state index contributed by atoms with van der Waals surface area (Å²) in [5.41, 5.74) is -0.0503. The van der Waals surface area contributed by atoms with Gasteiger partial charge < -0.3 is 59.8 Å². The molecule has 15 heteroatoms. The highest BCUT2D eigenvalue weighted by Gasteiger charge is 2.47. The minimum atomic E-state index is -1.92. The van der Waals surface area contributed by atoms with E-state index in [1.807, 2.05) is 0 Å². The van der Waals surface area contributed by atoms with Crippen molar-refractivity contribution in [2.45, 2.75) is 43.2 Å². The van der Waals surface area contributed by atoms with Crippen molar-refractivity contribution in [3.05, 3.63) is 53.2 Å². The molecule has 0 aromatic heterocycles. The lowest BCUT2D eigenvalue weighted by atomic mass is 9.86. The Bertz CT molecular complexity index is 1260. The predicted octanol–water partition coefficient (Wildman–Crippen LogP) is -1.48. The van der Waals surface area contributed by atoms with Crippen LogP contribution >= 0.6 is 0 Å². The lowest BCUT2D eigenvalue weighted by Crippen LogP contribution is -2.59. The molecule has 2 aliphatic heterocycles. The molecule has 0 spiro atoms. The first-order chi connectivity index (χ1) is 18.4. The summed E-state index contributed by atoms with van der Waals surface area (Å²) >= 11 is 0. The maximum atomic E-state index is 13.2. The van der Waals surface area contributed by atoms with Gasteiger partial charge in [0.2, 0.25) is 17.8 Å². The molecule has 7 atom stereocenters. The van der Waals surface area contributed by atoms with Crippen molar-refractivity contribution >= 4 is 23.5 Å². The van der Waals surface area contributed by atoms with Gasteiger partial charge in [-0.05, 0) is 24.3 Å². The molecule has 210 valence electrons. The number of benzene rings is 1. The normalized spacial score (nSPS) is 30.5. The smallest absolute Gasteiger partial charge is 0.322 e. The van der Waals surface area contributed by atoms with Crippen molar-refractivity contribution in [2.24, 2.45) is 5.92 Å². The molecule has 1 aromatic rings. The fraction of sp³-hybridized carbons (Fsp3) is 0.375. The standard InChI is InChI=1S/C24H24O15/c25-7-14-18(32)20(34)21(35)24(37-14)39-16(31)6-15(30)38-23-19(33)17-12(29)4-9(26)5-13(17)36-22(23)8-1-2-10(27)11(28)3-8/h1-5,13-14,17-18,20-21,24-29,32,34-35H,6-7H2. The van der Waals surface area contributed by atoms with E-state index in [9.17, 15) is 55.2 Å². The van der Waals surface area contributed by atoms with Gasteiger partial charge in [-0.3, -0.25) is 14.4 Å². The summed E-state index contributed by atoms with van der Waals surface area (Å²) in [4.78, 5) is 38.2. The number of hydrogen-bond acceptors (Lipinski definition) is 15. The van der Waals surface area contributed by atoms with E-state index in [1.165, 1.54) is 6.07 Å². The van der Waals surface area contributed by atoms with Crippen molar-refractivity contribution < 1.29 is 74.2 Å². The zero-order valence-corrected chi connectivity index (χ0v) is 19.8. The number of allylic oxidation sites excluding steroid dienone is 2. The Hall–Kier alpha value is -4.15. The van der Waals surface area contributed by atoms with E-state index < -0.39 is 108 Å². The van der Waals surface area contributed by atoms with Crippen LogP contribution in [-0.2, 0) is 33.3 Å². The molecule has 15 nitrogen and oxygen atoms in total. The Kier molecular flexibility index (Phi) is 7.80. The molecule has 0 amide bonds. The van der Waals surface area contributed by atoms with Crippen molar-refractivity contribution in [3.8, 4) is 11.5 Å². The lowest BCUT2D eigenvalue weighted by molar-refractivity contribution is -0.292. The fourth-order valence-corrected chi connectivity index (χ4v) is 4.11. The van der Waals surface area contributed by atoms with Crippen LogP contribution in [0.3, 0.4) is 0 Å². The molecule has 2 heterocycles. The number of aromatic hydroxyl groups is 2. The van der Waals surface area contributed by atoms with Crippen LogP contribution in [0.25, 0.3) is 5.76 Å². The highest BCUT2D eigenvalue weighted by atomic mass is 16.7. The molecule has 0 saturated carbocycles. The minimum Gasteiger partial charge on any atom is -0.511 e.